The second kappa shape index (κ2) is 6.42. The minimum absolute atomic E-state index is 0.103. The molecule has 1 aromatic carbocycles. The summed E-state index contributed by atoms with van der Waals surface area (Å²) in [6.45, 7) is 0.985. The van der Waals surface area contributed by atoms with Crippen molar-refractivity contribution in [3.8, 4) is 5.75 Å². The second-order valence-corrected chi connectivity index (χ2v) is 3.56. The van der Waals surface area contributed by atoms with Crippen LogP contribution in [0.5, 0.6) is 5.75 Å². The van der Waals surface area contributed by atoms with Crippen LogP contribution in [0.3, 0.4) is 0 Å². The van der Waals surface area contributed by atoms with Crippen molar-refractivity contribution in [2.45, 2.75) is 12.6 Å². The van der Waals surface area contributed by atoms with Gasteiger partial charge in [0.05, 0.1) is 12.7 Å². The zero-order valence-corrected chi connectivity index (χ0v) is 9.11. The summed E-state index contributed by atoms with van der Waals surface area (Å²) in [5.74, 6) is -0.580. The number of aromatic hydroxyl groups is 1. The molecule has 0 saturated heterocycles. The Labute approximate surface area is 93.7 Å². The summed E-state index contributed by atoms with van der Waals surface area (Å²) in [5.41, 5.74) is 0.627. The smallest absolute Gasteiger partial charge is 0.127 e. The first kappa shape index (κ1) is 12.9. The Kier molecular flexibility index (Phi) is 5.18. The number of nitrogens with one attached hydrogen (secondary N) is 1. The molecule has 0 fully saturated rings. The van der Waals surface area contributed by atoms with E-state index in [1.165, 1.54) is 19.2 Å². The Hall–Kier alpha value is -1.17. The van der Waals surface area contributed by atoms with E-state index in [1.807, 2.05) is 0 Å². The Balaban J connectivity index is 2.37. The number of methoxy groups -OCH3 is 1. The number of hydrogen-bond donors (Lipinski definition) is 3. The van der Waals surface area contributed by atoms with Crippen LogP contribution in [-0.4, -0.2) is 36.6 Å². The summed E-state index contributed by atoms with van der Waals surface area (Å²) >= 11 is 0. The Morgan fingerprint density at radius 2 is 2.19 bits per heavy atom. The van der Waals surface area contributed by atoms with Crippen LogP contribution in [0.25, 0.3) is 0 Å². The number of benzene rings is 1. The fraction of sp³-hybridized carbons (Fsp3) is 0.455. The second-order valence-electron chi connectivity index (χ2n) is 3.56. The Morgan fingerprint density at radius 3 is 2.81 bits per heavy atom. The molecule has 1 unspecified atom stereocenters. The molecule has 5 heteroatoms. The van der Waals surface area contributed by atoms with Gasteiger partial charge in [0.25, 0.3) is 0 Å². The highest BCUT2D eigenvalue weighted by molar-refractivity contribution is 5.28. The number of aliphatic hydroxyl groups is 1. The van der Waals surface area contributed by atoms with Crippen molar-refractivity contribution in [3.63, 3.8) is 0 Å². The lowest BCUT2D eigenvalue weighted by molar-refractivity contribution is 0.0644. The van der Waals surface area contributed by atoms with Crippen LogP contribution in [0.4, 0.5) is 4.39 Å². The first-order valence-corrected chi connectivity index (χ1v) is 4.98. The van der Waals surface area contributed by atoms with Gasteiger partial charge < -0.3 is 20.3 Å². The Bertz CT molecular complexity index is 313. The van der Waals surface area contributed by atoms with Gasteiger partial charge in [0, 0.05) is 26.3 Å². The predicted molar refractivity (Wildman–Crippen MR) is 57.7 cm³/mol. The van der Waals surface area contributed by atoms with Gasteiger partial charge >= 0.3 is 0 Å². The summed E-state index contributed by atoms with van der Waals surface area (Å²) in [4.78, 5) is 0. The lowest BCUT2D eigenvalue weighted by Crippen LogP contribution is -2.29. The molecule has 0 spiro atoms. The quantitative estimate of drug-likeness (QED) is 0.669. The molecule has 0 aliphatic rings. The van der Waals surface area contributed by atoms with Gasteiger partial charge in [0.1, 0.15) is 11.6 Å². The van der Waals surface area contributed by atoms with Gasteiger partial charge in [-0.05, 0) is 17.7 Å². The molecule has 16 heavy (non-hydrogen) atoms. The van der Waals surface area contributed by atoms with Crippen molar-refractivity contribution < 1.29 is 19.3 Å². The number of phenols is 1. The van der Waals surface area contributed by atoms with Crippen LogP contribution >= 0.6 is 0 Å². The van der Waals surface area contributed by atoms with E-state index in [-0.39, 0.29) is 12.4 Å². The van der Waals surface area contributed by atoms with Crippen LogP contribution in [0.1, 0.15) is 5.56 Å². The number of hydrogen-bond acceptors (Lipinski definition) is 4. The maximum absolute atomic E-state index is 12.9. The van der Waals surface area contributed by atoms with Crippen LogP contribution in [-0.2, 0) is 11.3 Å². The summed E-state index contributed by atoms with van der Waals surface area (Å²) in [5, 5.41) is 21.4. The highest BCUT2D eigenvalue weighted by atomic mass is 19.1. The van der Waals surface area contributed by atoms with E-state index in [1.54, 1.807) is 0 Å². The maximum Gasteiger partial charge on any atom is 0.127 e. The molecule has 0 bridgehead atoms. The molecular formula is C11H16FNO3. The fourth-order valence-corrected chi connectivity index (χ4v) is 1.37. The fourth-order valence-electron chi connectivity index (χ4n) is 1.37. The van der Waals surface area contributed by atoms with Crippen molar-refractivity contribution in [1.82, 2.24) is 5.32 Å². The van der Waals surface area contributed by atoms with E-state index in [2.05, 4.69) is 5.32 Å². The SMILES string of the molecule is COCC(O)CNCc1cc(O)cc(F)c1. The molecule has 4 nitrogen and oxygen atoms in total. The minimum Gasteiger partial charge on any atom is -0.508 e. The molecule has 0 saturated carbocycles. The van der Waals surface area contributed by atoms with E-state index < -0.39 is 11.9 Å². The van der Waals surface area contributed by atoms with Crippen LogP contribution in [0, 0.1) is 5.82 Å². The molecule has 0 aliphatic carbocycles. The zero-order valence-electron chi connectivity index (χ0n) is 9.11. The highest BCUT2D eigenvalue weighted by Gasteiger charge is 2.03. The van der Waals surface area contributed by atoms with Gasteiger partial charge in [-0.25, -0.2) is 4.39 Å². The summed E-state index contributed by atoms with van der Waals surface area (Å²) < 4.78 is 17.6. The van der Waals surface area contributed by atoms with Crippen molar-refractivity contribution in [2.75, 3.05) is 20.3 Å². The predicted octanol–water partition coefficient (Wildman–Crippen LogP) is 0.628. The number of halogens is 1. The molecule has 0 aliphatic heterocycles. The van der Waals surface area contributed by atoms with Gasteiger partial charge in [-0.3, -0.25) is 0 Å². The monoisotopic (exact) mass is 229 g/mol. The highest BCUT2D eigenvalue weighted by Crippen LogP contribution is 2.14. The first-order valence-electron chi connectivity index (χ1n) is 4.98. The molecule has 0 amide bonds. The third kappa shape index (κ3) is 4.57. The average Bonchev–Trinajstić information content (AvgIpc) is 2.16. The average molecular weight is 229 g/mol. The van der Waals surface area contributed by atoms with Gasteiger partial charge in [-0.15, -0.1) is 0 Å². The van der Waals surface area contributed by atoms with E-state index >= 15 is 0 Å². The van der Waals surface area contributed by atoms with Crippen molar-refractivity contribution in [2.24, 2.45) is 0 Å². The van der Waals surface area contributed by atoms with Gasteiger partial charge in [-0.2, -0.15) is 0 Å². The third-order valence-corrected chi connectivity index (χ3v) is 2.01. The van der Waals surface area contributed by atoms with Gasteiger partial charge in [0.15, 0.2) is 0 Å². The standard InChI is InChI=1S/C11H16FNO3/c1-16-7-11(15)6-13-5-8-2-9(12)4-10(14)3-8/h2-4,11,13-15H,5-7H2,1H3. The summed E-state index contributed by atoms with van der Waals surface area (Å²) in [6.07, 6.45) is -0.591. The molecule has 1 atom stereocenters. The van der Waals surface area contributed by atoms with Gasteiger partial charge in [0.2, 0.25) is 0 Å². The molecule has 1 aromatic rings. The van der Waals surface area contributed by atoms with Crippen LogP contribution < -0.4 is 5.32 Å². The molecule has 1 rings (SSSR count). The van der Waals surface area contributed by atoms with Crippen molar-refractivity contribution in [1.29, 1.82) is 0 Å². The number of aliphatic hydroxyl groups excluding tert-OH is 1. The maximum atomic E-state index is 12.9. The zero-order chi connectivity index (χ0) is 12.0. The number of ether oxygens (including phenoxy) is 1. The summed E-state index contributed by atoms with van der Waals surface area (Å²) in [6, 6.07) is 3.84. The van der Waals surface area contributed by atoms with Crippen molar-refractivity contribution >= 4 is 0 Å². The first-order chi connectivity index (χ1) is 7.61. The lowest BCUT2D eigenvalue weighted by atomic mass is 10.2. The molecule has 0 aromatic heterocycles. The van der Waals surface area contributed by atoms with E-state index in [0.717, 1.165) is 6.07 Å². The molecular weight excluding hydrogens is 213 g/mol. The van der Waals surface area contributed by atoms with Crippen LogP contribution in [0.15, 0.2) is 18.2 Å². The molecule has 0 heterocycles. The van der Waals surface area contributed by atoms with Crippen LogP contribution in [0.2, 0.25) is 0 Å². The number of rotatable bonds is 6. The Morgan fingerprint density at radius 1 is 1.44 bits per heavy atom. The molecule has 0 radical (unpaired) electrons. The third-order valence-electron chi connectivity index (χ3n) is 2.01. The molecule has 3 N–H and O–H groups in total. The minimum atomic E-state index is -0.591. The topological polar surface area (TPSA) is 61.7 Å². The van der Waals surface area contributed by atoms with Crippen molar-refractivity contribution in [3.05, 3.63) is 29.6 Å². The van der Waals surface area contributed by atoms with E-state index in [4.69, 9.17) is 9.84 Å². The van der Waals surface area contributed by atoms with E-state index in [0.29, 0.717) is 18.7 Å². The van der Waals surface area contributed by atoms with Gasteiger partial charge in [-0.1, -0.05) is 0 Å². The van der Waals surface area contributed by atoms with E-state index in [9.17, 15) is 9.50 Å². The largest absolute Gasteiger partial charge is 0.508 e. The molecule has 90 valence electrons. The lowest BCUT2D eigenvalue weighted by Gasteiger charge is -2.10. The number of phenolic OH excluding ortho intramolecular Hbond substituents is 1. The summed E-state index contributed by atoms with van der Waals surface area (Å²) in [7, 11) is 1.51. The normalized spacial score (nSPS) is 12.7.